The lowest BCUT2D eigenvalue weighted by Gasteiger charge is -2.12. The van der Waals surface area contributed by atoms with Gasteiger partial charge in [-0.1, -0.05) is 48.0 Å². The van der Waals surface area contributed by atoms with Crippen LogP contribution in [0.3, 0.4) is 0 Å². The monoisotopic (exact) mass is 253 g/mol. The maximum atomic E-state index is 12.1. The van der Waals surface area contributed by atoms with Gasteiger partial charge in [0.25, 0.3) is 0 Å². The molecule has 1 unspecified atom stereocenters. The van der Waals surface area contributed by atoms with Crippen molar-refractivity contribution >= 4 is 6.21 Å². The summed E-state index contributed by atoms with van der Waals surface area (Å²) in [6.07, 6.45) is 2.42. The SMILES string of the molecule is Cc1ccc(/C=[N+](\[O-])C(C)Cc2ccccc2)cc1. The lowest BCUT2D eigenvalue weighted by Crippen LogP contribution is -2.21. The molecule has 2 aromatic carbocycles. The number of benzene rings is 2. The van der Waals surface area contributed by atoms with E-state index >= 15 is 0 Å². The van der Waals surface area contributed by atoms with E-state index in [-0.39, 0.29) is 6.04 Å². The first kappa shape index (κ1) is 13.3. The Labute approximate surface area is 114 Å². The Morgan fingerprint density at radius 1 is 1.05 bits per heavy atom. The fourth-order valence-electron chi connectivity index (χ4n) is 1.97. The molecule has 0 saturated heterocycles. The molecule has 0 heterocycles. The molecule has 98 valence electrons. The van der Waals surface area contributed by atoms with E-state index in [1.165, 1.54) is 11.1 Å². The van der Waals surface area contributed by atoms with Crippen LogP contribution in [-0.2, 0) is 6.42 Å². The highest BCUT2D eigenvalue weighted by atomic mass is 16.5. The third-order valence-corrected chi connectivity index (χ3v) is 3.16. The van der Waals surface area contributed by atoms with Gasteiger partial charge in [-0.2, -0.15) is 0 Å². The van der Waals surface area contributed by atoms with Gasteiger partial charge in [0.1, 0.15) is 0 Å². The zero-order chi connectivity index (χ0) is 13.7. The Balaban J connectivity index is 2.06. The van der Waals surface area contributed by atoms with Gasteiger partial charge in [0, 0.05) is 12.0 Å². The number of aryl methyl sites for hydroxylation is 1. The molecule has 2 aromatic rings. The Bertz CT molecular complexity index is 543. The minimum Gasteiger partial charge on any atom is -0.624 e. The van der Waals surface area contributed by atoms with Gasteiger partial charge >= 0.3 is 0 Å². The maximum Gasteiger partial charge on any atom is 0.182 e. The van der Waals surface area contributed by atoms with Crippen molar-refractivity contribution in [2.75, 3.05) is 0 Å². The fraction of sp³-hybridized carbons (Fsp3) is 0.235. The zero-order valence-electron chi connectivity index (χ0n) is 11.4. The molecule has 1 atom stereocenters. The Hall–Kier alpha value is -2.09. The fourth-order valence-corrected chi connectivity index (χ4v) is 1.97. The summed E-state index contributed by atoms with van der Waals surface area (Å²) in [5.74, 6) is 0. The molecule has 0 N–H and O–H groups in total. The standard InChI is InChI=1S/C17H19NO/c1-14-8-10-17(11-9-14)13-18(19)15(2)12-16-6-4-3-5-7-16/h3-11,13,15H,12H2,1-2H3/b18-13-. The second-order valence-electron chi connectivity index (χ2n) is 4.94. The molecule has 0 aliphatic rings. The van der Waals surface area contributed by atoms with Crippen LogP contribution in [0.1, 0.15) is 23.6 Å². The summed E-state index contributed by atoms with van der Waals surface area (Å²) in [5, 5.41) is 12.1. The molecule has 2 rings (SSSR count). The lowest BCUT2D eigenvalue weighted by molar-refractivity contribution is -0.491. The highest BCUT2D eigenvalue weighted by Gasteiger charge is 2.10. The van der Waals surface area contributed by atoms with E-state index in [2.05, 4.69) is 12.1 Å². The highest BCUT2D eigenvalue weighted by Crippen LogP contribution is 2.06. The molecule has 19 heavy (non-hydrogen) atoms. The average molecular weight is 253 g/mol. The zero-order valence-corrected chi connectivity index (χ0v) is 11.4. The molecule has 2 heteroatoms. The smallest absolute Gasteiger partial charge is 0.182 e. The summed E-state index contributed by atoms with van der Waals surface area (Å²) < 4.78 is 1.04. The van der Waals surface area contributed by atoms with Crippen LogP contribution in [-0.4, -0.2) is 17.0 Å². The van der Waals surface area contributed by atoms with Crippen LogP contribution in [0.4, 0.5) is 0 Å². The van der Waals surface area contributed by atoms with E-state index in [0.717, 1.165) is 16.7 Å². The number of hydrogen-bond acceptors (Lipinski definition) is 1. The van der Waals surface area contributed by atoms with Crippen LogP contribution in [0, 0.1) is 12.1 Å². The summed E-state index contributed by atoms with van der Waals surface area (Å²) in [5.41, 5.74) is 3.33. The van der Waals surface area contributed by atoms with Gasteiger partial charge in [0.15, 0.2) is 12.3 Å². The first-order valence-corrected chi connectivity index (χ1v) is 6.56. The molecular weight excluding hydrogens is 234 g/mol. The predicted octanol–water partition coefficient (Wildman–Crippen LogP) is 3.56. The van der Waals surface area contributed by atoms with E-state index in [9.17, 15) is 5.21 Å². The average Bonchev–Trinajstić information content (AvgIpc) is 2.42. The molecule has 0 radical (unpaired) electrons. The van der Waals surface area contributed by atoms with Crippen LogP contribution < -0.4 is 0 Å². The Kier molecular flexibility index (Phi) is 4.35. The van der Waals surface area contributed by atoms with Crippen molar-refractivity contribution in [2.24, 2.45) is 0 Å². The molecule has 2 nitrogen and oxygen atoms in total. The number of nitrogens with zero attached hydrogens (tertiary/aromatic N) is 1. The molecule has 0 fully saturated rings. The van der Waals surface area contributed by atoms with Gasteiger partial charge < -0.3 is 5.21 Å². The van der Waals surface area contributed by atoms with Crippen molar-refractivity contribution in [3.05, 3.63) is 76.5 Å². The van der Waals surface area contributed by atoms with E-state index < -0.39 is 0 Å². The largest absolute Gasteiger partial charge is 0.624 e. The van der Waals surface area contributed by atoms with Gasteiger partial charge in [0.05, 0.1) is 0 Å². The number of hydrogen-bond donors (Lipinski definition) is 0. The van der Waals surface area contributed by atoms with Gasteiger partial charge in [-0.25, -0.2) is 4.74 Å². The minimum atomic E-state index is -0.0660. The van der Waals surface area contributed by atoms with Crippen molar-refractivity contribution in [2.45, 2.75) is 26.3 Å². The third-order valence-electron chi connectivity index (χ3n) is 3.16. The second-order valence-corrected chi connectivity index (χ2v) is 4.94. The van der Waals surface area contributed by atoms with E-state index in [1.807, 2.05) is 56.3 Å². The molecular formula is C17H19NO. The predicted molar refractivity (Wildman–Crippen MR) is 79.6 cm³/mol. The Morgan fingerprint density at radius 2 is 1.68 bits per heavy atom. The molecule has 0 aromatic heterocycles. The Morgan fingerprint density at radius 3 is 2.32 bits per heavy atom. The molecule has 0 aliphatic carbocycles. The molecule has 0 saturated carbocycles. The first-order chi connectivity index (χ1) is 9.15. The minimum absolute atomic E-state index is 0.0660. The summed E-state index contributed by atoms with van der Waals surface area (Å²) in [6, 6.07) is 18.0. The molecule has 0 aliphatic heterocycles. The molecule has 0 spiro atoms. The van der Waals surface area contributed by atoms with Crippen molar-refractivity contribution < 1.29 is 4.74 Å². The highest BCUT2D eigenvalue weighted by molar-refractivity contribution is 5.75. The van der Waals surface area contributed by atoms with E-state index in [1.54, 1.807) is 6.21 Å². The quantitative estimate of drug-likeness (QED) is 0.354. The summed E-state index contributed by atoms with van der Waals surface area (Å²) in [7, 11) is 0. The van der Waals surface area contributed by atoms with Crippen molar-refractivity contribution in [1.29, 1.82) is 0 Å². The number of hydroxylamine groups is 1. The van der Waals surface area contributed by atoms with Gasteiger partial charge in [-0.3, -0.25) is 0 Å². The topological polar surface area (TPSA) is 26.1 Å². The van der Waals surface area contributed by atoms with Crippen LogP contribution in [0.15, 0.2) is 54.6 Å². The normalized spacial score (nSPS) is 13.3. The van der Waals surface area contributed by atoms with Crippen LogP contribution in [0.5, 0.6) is 0 Å². The van der Waals surface area contributed by atoms with Crippen molar-refractivity contribution in [3.8, 4) is 0 Å². The lowest BCUT2D eigenvalue weighted by atomic mass is 10.1. The van der Waals surface area contributed by atoms with Crippen molar-refractivity contribution in [3.63, 3.8) is 0 Å². The van der Waals surface area contributed by atoms with Crippen LogP contribution >= 0.6 is 0 Å². The van der Waals surface area contributed by atoms with Crippen molar-refractivity contribution in [1.82, 2.24) is 0 Å². The maximum absolute atomic E-state index is 12.1. The van der Waals surface area contributed by atoms with E-state index in [0.29, 0.717) is 0 Å². The number of rotatable bonds is 4. The van der Waals surface area contributed by atoms with Crippen LogP contribution in [0.2, 0.25) is 0 Å². The van der Waals surface area contributed by atoms with Crippen LogP contribution in [0.25, 0.3) is 0 Å². The molecule has 0 amide bonds. The first-order valence-electron chi connectivity index (χ1n) is 6.56. The third kappa shape index (κ3) is 3.95. The summed E-state index contributed by atoms with van der Waals surface area (Å²) in [4.78, 5) is 0. The van der Waals surface area contributed by atoms with Gasteiger partial charge in [0.2, 0.25) is 0 Å². The molecule has 0 bridgehead atoms. The summed E-state index contributed by atoms with van der Waals surface area (Å²) in [6.45, 7) is 3.99. The van der Waals surface area contributed by atoms with E-state index in [4.69, 9.17) is 0 Å². The van der Waals surface area contributed by atoms with Gasteiger partial charge in [-0.05, 0) is 31.5 Å². The van der Waals surface area contributed by atoms with Gasteiger partial charge in [-0.15, -0.1) is 0 Å². The second kappa shape index (κ2) is 6.19. The summed E-state index contributed by atoms with van der Waals surface area (Å²) >= 11 is 0.